The van der Waals surface area contributed by atoms with Gasteiger partial charge in [-0.3, -0.25) is 4.79 Å². The van der Waals surface area contributed by atoms with Crippen LogP contribution < -0.4 is 0 Å². The summed E-state index contributed by atoms with van der Waals surface area (Å²) in [5, 5.41) is 1.10. The van der Waals surface area contributed by atoms with E-state index in [0.29, 0.717) is 18.7 Å². The van der Waals surface area contributed by atoms with Crippen molar-refractivity contribution in [2.24, 2.45) is 0 Å². The third kappa shape index (κ3) is 2.16. The molecule has 17 heavy (non-hydrogen) atoms. The Morgan fingerprint density at radius 3 is 3.00 bits per heavy atom. The maximum atomic E-state index is 12.1. The highest BCUT2D eigenvalue weighted by Gasteiger charge is 2.13. The predicted octanol–water partition coefficient (Wildman–Crippen LogP) is 2.26. The normalized spacial score (nSPS) is 10.1. The molecule has 0 unspecified atom stereocenters. The number of nitrogens with zero attached hydrogens (tertiary/aromatic N) is 1. The molecular weight excluding hydrogens is 212 g/mol. The lowest BCUT2D eigenvalue weighted by atomic mass is 10.1. The summed E-state index contributed by atoms with van der Waals surface area (Å²) in [4.78, 5) is 16.9. The topological polar surface area (TPSA) is 36.1 Å². The van der Waals surface area contributed by atoms with Crippen LogP contribution in [0.15, 0.2) is 30.5 Å². The van der Waals surface area contributed by atoms with Crippen LogP contribution in [0.4, 0.5) is 0 Å². The van der Waals surface area contributed by atoms with E-state index >= 15 is 0 Å². The fraction of sp³-hybridized carbons (Fsp3) is 0.214. The van der Waals surface area contributed by atoms with E-state index in [2.05, 4.69) is 10.9 Å². The lowest BCUT2D eigenvalue weighted by Gasteiger charge is -2.17. The molecular formula is C14H14N2O. The first-order chi connectivity index (χ1) is 8.26. The maximum Gasteiger partial charge on any atom is 0.254 e. The van der Waals surface area contributed by atoms with Crippen molar-refractivity contribution < 1.29 is 4.79 Å². The molecule has 3 nitrogen and oxygen atoms in total. The molecule has 1 aromatic carbocycles. The van der Waals surface area contributed by atoms with Crippen LogP contribution in [-0.4, -0.2) is 28.9 Å². The van der Waals surface area contributed by atoms with Crippen molar-refractivity contribution in [3.05, 3.63) is 36.0 Å². The van der Waals surface area contributed by atoms with Crippen LogP contribution in [0.3, 0.4) is 0 Å². The molecule has 0 aliphatic rings. The molecule has 0 saturated carbocycles. The van der Waals surface area contributed by atoms with Crippen LogP contribution in [0, 0.1) is 12.3 Å². The van der Waals surface area contributed by atoms with E-state index in [4.69, 9.17) is 6.42 Å². The highest BCUT2D eigenvalue weighted by atomic mass is 16.2. The number of aromatic amines is 1. The molecule has 86 valence electrons. The molecule has 1 amide bonds. The minimum absolute atomic E-state index is 0.0260. The van der Waals surface area contributed by atoms with Crippen LogP contribution in [0.25, 0.3) is 10.9 Å². The number of amides is 1. The zero-order valence-corrected chi connectivity index (χ0v) is 9.73. The highest BCUT2D eigenvalue weighted by Crippen LogP contribution is 2.15. The number of benzene rings is 1. The summed E-state index contributed by atoms with van der Waals surface area (Å²) in [6.45, 7) is 2.88. The van der Waals surface area contributed by atoms with Gasteiger partial charge in [0.15, 0.2) is 0 Å². The number of terminal acetylenes is 1. The van der Waals surface area contributed by atoms with Gasteiger partial charge in [-0.2, -0.15) is 0 Å². The largest absolute Gasteiger partial charge is 0.361 e. The Kier molecular flexibility index (Phi) is 3.15. The summed E-state index contributed by atoms with van der Waals surface area (Å²) in [5.74, 6) is 2.47. The van der Waals surface area contributed by atoms with Gasteiger partial charge < -0.3 is 9.88 Å². The van der Waals surface area contributed by atoms with E-state index < -0.39 is 0 Å². The van der Waals surface area contributed by atoms with Crippen molar-refractivity contribution in [3.8, 4) is 12.3 Å². The molecule has 0 fully saturated rings. The van der Waals surface area contributed by atoms with E-state index in [1.165, 1.54) is 0 Å². The Balaban J connectivity index is 2.32. The molecule has 0 atom stereocenters. The molecule has 1 aromatic heterocycles. The minimum Gasteiger partial charge on any atom is -0.361 e. The molecule has 0 saturated heterocycles. The molecule has 0 aliphatic carbocycles. The predicted molar refractivity (Wildman–Crippen MR) is 68.7 cm³/mol. The fourth-order valence-corrected chi connectivity index (χ4v) is 1.80. The molecule has 1 heterocycles. The van der Waals surface area contributed by atoms with E-state index in [-0.39, 0.29) is 5.91 Å². The zero-order chi connectivity index (χ0) is 12.3. The minimum atomic E-state index is -0.0260. The first kappa shape index (κ1) is 11.3. The molecule has 0 aliphatic heterocycles. The second kappa shape index (κ2) is 4.75. The van der Waals surface area contributed by atoms with Crippen LogP contribution in [-0.2, 0) is 0 Å². The molecule has 2 aromatic rings. The monoisotopic (exact) mass is 226 g/mol. The maximum absolute atomic E-state index is 12.1. The molecule has 0 bridgehead atoms. The summed E-state index contributed by atoms with van der Waals surface area (Å²) < 4.78 is 0. The fourth-order valence-electron chi connectivity index (χ4n) is 1.80. The number of carbonyl (C=O) groups excluding carboxylic acids is 1. The molecule has 0 spiro atoms. The van der Waals surface area contributed by atoms with Crippen molar-refractivity contribution >= 4 is 16.8 Å². The number of carbonyl (C=O) groups is 1. The van der Waals surface area contributed by atoms with Crippen LogP contribution >= 0.6 is 0 Å². The lowest BCUT2D eigenvalue weighted by molar-refractivity contribution is 0.0785. The highest BCUT2D eigenvalue weighted by molar-refractivity contribution is 5.98. The van der Waals surface area contributed by atoms with Crippen molar-refractivity contribution in [3.63, 3.8) is 0 Å². The van der Waals surface area contributed by atoms with Gasteiger partial charge >= 0.3 is 0 Å². The molecule has 3 heteroatoms. The Bertz CT molecular complexity index is 577. The smallest absolute Gasteiger partial charge is 0.254 e. The van der Waals surface area contributed by atoms with Gasteiger partial charge in [-0.05, 0) is 30.5 Å². The van der Waals surface area contributed by atoms with Gasteiger partial charge in [-0.1, -0.05) is 12.0 Å². The third-order valence-electron chi connectivity index (χ3n) is 2.75. The summed E-state index contributed by atoms with van der Waals surface area (Å²) in [7, 11) is 0. The Hall–Kier alpha value is -2.21. The van der Waals surface area contributed by atoms with Gasteiger partial charge in [0.1, 0.15) is 0 Å². The summed E-state index contributed by atoms with van der Waals surface area (Å²) in [6.07, 6.45) is 7.10. The van der Waals surface area contributed by atoms with Crippen LogP contribution in [0.5, 0.6) is 0 Å². The van der Waals surface area contributed by atoms with Gasteiger partial charge in [0, 0.05) is 23.8 Å². The second-order valence-corrected chi connectivity index (χ2v) is 3.80. The van der Waals surface area contributed by atoms with E-state index in [9.17, 15) is 4.79 Å². The molecule has 0 radical (unpaired) electrons. The quantitative estimate of drug-likeness (QED) is 0.801. The first-order valence-corrected chi connectivity index (χ1v) is 5.56. The zero-order valence-electron chi connectivity index (χ0n) is 9.73. The molecule has 2 rings (SSSR count). The Labute approximate surface area is 100 Å². The van der Waals surface area contributed by atoms with Crippen molar-refractivity contribution in [1.82, 2.24) is 9.88 Å². The number of rotatable bonds is 3. The number of fused-ring (bicyclic) bond motifs is 1. The van der Waals surface area contributed by atoms with Gasteiger partial charge in [0.25, 0.3) is 5.91 Å². The first-order valence-electron chi connectivity index (χ1n) is 5.56. The summed E-state index contributed by atoms with van der Waals surface area (Å²) >= 11 is 0. The van der Waals surface area contributed by atoms with Crippen LogP contribution in [0.1, 0.15) is 17.3 Å². The number of nitrogens with one attached hydrogen (secondary N) is 1. The van der Waals surface area contributed by atoms with Gasteiger partial charge in [-0.25, -0.2) is 0 Å². The van der Waals surface area contributed by atoms with Crippen LogP contribution in [0.2, 0.25) is 0 Å². The second-order valence-electron chi connectivity index (χ2n) is 3.80. The summed E-state index contributed by atoms with van der Waals surface area (Å²) in [5.41, 5.74) is 1.63. The Morgan fingerprint density at radius 2 is 2.29 bits per heavy atom. The average molecular weight is 226 g/mol. The van der Waals surface area contributed by atoms with E-state index in [1.54, 1.807) is 4.90 Å². The number of H-pyrrole nitrogens is 1. The Morgan fingerprint density at radius 1 is 1.47 bits per heavy atom. The third-order valence-corrected chi connectivity index (χ3v) is 2.75. The van der Waals surface area contributed by atoms with Gasteiger partial charge in [0.2, 0.25) is 0 Å². The molecule has 1 N–H and O–H groups in total. The number of hydrogen-bond acceptors (Lipinski definition) is 1. The SMILES string of the molecule is C#CCN(CC)C(=O)c1ccc2cc[nH]c2c1. The van der Waals surface area contributed by atoms with Crippen molar-refractivity contribution in [2.75, 3.05) is 13.1 Å². The average Bonchev–Trinajstić information content (AvgIpc) is 2.82. The number of aromatic nitrogens is 1. The number of hydrogen-bond donors (Lipinski definition) is 1. The van der Waals surface area contributed by atoms with Crippen molar-refractivity contribution in [1.29, 1.82) is 0 Å². The van der Waals surface area contributed by atoms with Gasteiger partial charge in [-0.15, -0.1) is 6.42 Å². The summed E-state index contributed by atoms with van der Waals surface area (Å²) in [6, 6.07) is 7.60. The van der Waals surface area contributed by atoms with E-state index in [1.807, 2.05) is 37.4 Å². The van der Waals surface area contributed by atoms with Gasteiger partial charge in [0.05, 0.1) is 6.54 Å². The van der Waals surface area contributed by atoms with E-state index in [0.717, 1.165) is 10.9 Å². The lowest BCUT2D eigenvalue weighted by Crippen LogP contribution is -2.31. The van der Waals surface area contributed by atoms with Crippen molar-refractivity contribution in [2.45, 2.75) is 6.92 Å². The standard InChI is InChI=1S/C14H14N2O/c1-3-9-16(4-2)14(17)12-6-5-11-7-8-15-13(11)10-12/h1,5-8,10,15H,4,9H2,2H3.